The summed E-state index contributed by atoms with van der Waals surface area (Å²) in [6, 6.07) is 11.3. The molecule has 168 valence electrons. The molecule has 1 fully saturated rings. The number of amides is 2. The van der Waals surface area contributed by atoms with Crippen molar-refractivity contribution in [3.05, 3.63) is 66.1 Å². The number of carbonyl (C=O) groups excluding carboxylic acids is 2. The summed E-state index contributed by atoms with van der Waals surface area (Å²) >= 11 is 0. The number of carbonyl (C=O) groups is 2. The van der Waals surface area contributed by atoms with Gasteiger partial charge in [-0.25, -0.2) is 9.18 Å². The molecule has 3 heterocycles. The maximum atomic E-state index is 13.6. The lowest BCUT2D eigenvalue weighted by Gasteiger charge is -2.21. The normalized spacial score (nSPS) is 17.4. The van der Waals surface area contributed by atoms with Crippen molar-refractivity contribution in [2.75, 3.05) is 31.2 Å². The summed E-state index contributed by atoms with van der Waals surface area (Å²) in [7, 11) is 0. The summed E-state index contributed by atoms with van der Waals surface area (Å²) in [6.45, 7) is 1.38. The Balaban J connectivity index is 1.20. The van der Waals surface area contributed by atoms with Gasteiger partial charge >= 0.3 is 6.09 Å². The van der Waals surface area contributed by atoms with E-state index in [0.29, 0.717) is 46.9 Å². The molecule has 1 aromatic heterocycles. The first-order valence-corrected chi connectivity index (χ1v) is 10.4. The molecule has 2 aliphatic rings. The van der Waals surface area contributed by atoms with Gasteiger partial charge in [-0.05, 0) is 48.0 Å². The summed E-state index contributed by atoms with van der Waals surface area (Å²) in [5, 5.41) is 3.35. The number of hydrogen-bond donors (Lipinski definition) is 1. The van der Waals surface area contributed by atoms with Crippen LogP contribution in [-0.4, -0.2) is 49.4 Å². The van der Waals surface area contributed by atoms with Crippen LogP contribution < -0.4 is 19.7 Å². The van der Waals surface area contributed by atoms with Crippen LogP contribution in [0.25, 0.3) is 17.0 Å². The highest BCUT2D eigenvalue weighted by atomic mass is 19.1. The highest BCUT2D eigenvalue weighted by Crippen LogP contribution is 2.35. The van der Waals surface area contributed by atoms with E-state index in [2.05, 4.69) is 10.3 Å². The van der Waals surface area contributed by atoms with Crippen molar-refractivity contribution < 1.29 is 28.2 Å². The number of anilines is 1. The van der Waals surface area contributed by atoms with Crippen LogP contribution in [0, 0.1) is 5.82 Å². The highest BCUT2D eigenvalue weighted by molar-refractivity contribution is 5.96. The van der Waals surface area contributed by atoms with E-state index in [1.165, 1.54) is 23.1 Å². The lowest BCUT2D eigenvalue weighted by molar-refractivity contribution is -0.116. The minimum absolute atomic E-state index is 0.154. The standard InChI is InChI=1S/C24H20FN3O5/c25-16-2-4-20-19(11-16)15(7-8-26-20)1-6-23(29)27-13-18-14-28(24(30)33-18)17-3-5-21-22(12-17)32-10-9-31-21/h1-8,11-12,18H,9-10,13-14H2,(H,27,29). The topological polar surface area (TPSA) is 90.0 Å². The van der Waals surface area contributed by atoms with Crippen molar-refractivity contribution in [2.24, 2.45) is 0 Å². The molecular formula is C24H20FN3O5. The van der Waals surface area contributed by atoms with Gasteiger partial charge in [-0.3, -0.25) is 14.7 Å². The van der Waals surface area contributed by atoms with Gasteiger partial charge in [0, 0.05) is 23.7 Å². The van der Waals surface area contributed by atoms with Gasteiger partial charge in [-0.2, -0.15) is 0 Å². The zero-order valence-electron chi connectivity index (χ0n) is 17.5. The second kappa shape index (κ2) is 8.78. The first-order valence-electron chi connectivity index (χ1n) is 10.4. The van der Waals surface area contributed by atoms with Crippen molar-refractivity contribution in [2.45, 2.75) is 6.10 Å². The van der Waals surface area contributed by atoms with Crippen LogP contribution in [0.2, 0.25) is 0 Å². The van der Waals surface area contributed by atoms with Gasteiger partial charge in [-0.1, -0.05) is 0 Å². The van der Waals surface area contributed by atoms with Crippen LogP contribution in [-0.2, 0) is 9.53 Å². The fraction of sp³-hybridized carbons (Fsp3) is 0.208. The van der Waals surface area contributed by atoms with Crippen molar-refractivity contribution in [3.8, 4) is 11.5 Å². The molecule has 33 heavy (non-hydrogen) atoms. The van der Waals surface area contributed by atoms with Gasteiger partial charge in [0.05, 0.1) is 24.3 Å². The molecule has 3 aromatic rings. The fourth-order valence-electron chi connectivity index (χ4n) is 3.76. The lowest BCUT2D eigenvalue weighted by Crippen LogP contribution is -2.33. The molecule has 2 aliphatic heterocycles. The van der Waals surface area contributed by atoms with E-state index in [1.54, 1.807) is 42.6 Å². The molecule has 0 aliphatic carbocycles. The Morgan fingerprint density at radius 1 is 1.15 bits per heavy atom. The second-order valence-electron chi connectivity index (χ2n) is 7.58. The predicted molar refractivity (Wildman–Crippen MR) is 119 cm³/mol. The van der Waals surface area contributed by atoms with Gasteiger partial charge in [0.25, 0.3) is 0 Å². The number of rotatable bonds is 5. The van der Waals surface area contributed by atoms with E-state index in [-0.39, 0.29) is 24.8 Å². The van der Waals surface area contributed by atoms with Crippen LogP contribution in [0.5, 0.6) is 11.5 Å². The Hall–Kier alpha value is -4.14. The molecule has 8 nitrogen and oxygen atoms in total. The van der Waals surface area contributed by atoms with Gasteiger partial charge < -0.3 is 19.5 Å². The maximum Gasteiger partial charge on any atom is 0.414 e. The number of pyridine rings is 1. The molecule has 1 unspecified atom stereocenters. The Morgan fingerprint density at radius 2 is 2.00 bits per heavy atom. The summed E-state index contributed by atoms with van der Waals surface area (Å²) in [5.41, 5.74) is 1.94. The molecule has 1 N–H and O–H groups in total. The monoisotopic (exact) mass is 449 g/mol. The molecule has 0 saturated carbocycles. The van der Waals surface area contributed by atoms with Gasteiger partial charge in [0.1, 0.15) is 25.1 Å². The van der Waals surface area contributed by atoms with Crippen molar-refractivity contribution in [1.29, 1.82) is 0 Å². The van der Waals surface area contributed by atoms with E-state index in [1.807, 2.05) is 0 Å². The molecule has 2 aromatic carbocycles. The van der Waals surface area contributed by atoms with Crippen molar-refractivity contribution >= 4 is 34.7 Å². The fourth-order valence-corrected chi connectivity index (χ4v) is 3.76. The summed E-state index contributed by atoms with van der Waals surface area (Å²) in [4.78, 5) is 30.3. The van der Waals surface area contributed by atoms with Gasteiger partial charge in [0.15, 0.2) is 11.5 Å². The minimum Gasteiger partial charge on any atom is -0.486 e. The molecule has 0 bridgehead atoms. The third-order valence-electron chi connectivity index (χ3n) is 5.37. The first-order chi connectivity index (χ1) is 16.1. The van der Waals surface area contributed by atoms with Crippen LogP contribution in [0.4, 0.5) is 14.9 Å². The molecule has 2 amide bonds. The minimum atomic E-state index is -0.501. The first kappa shape index (κ1) is 20.7. The number of nitrogens with zero attached hydrogens (tertiary/aromatic N) is 2. The summed E-state index contributed by atoms with van der Waals surface area (Å²) in [6.07, 6.45) is 3.56. The number of hydrogen-bond acceptors (Lipinski definition) is 6. The van der Waals surface area contributed by atoms with Crippen LogP contribution in [0.3, 0.4) is 0 Å². The van der Waals surface area contributed by atoms with E-state index >= 15 is 0 Å². The zero-order valence-corrected chi connectivity index (χ0v) is 17.5. The number of ether oxygens (including phenoxy) is 3. The Morgan fingerprint density at radius 3 is 2.88 bits per heavy atom. The molecule has 5 rings (SSSR count). The molecule has 1 saturated heterocycles. The maximum absolute atomic E-state index is 13.6. The van der Waals surface area contributed by atoms with Crippen LogP contribution >= 0.6 is 0 Å². The Labute approximate surface area is 188 Å². The molecule has 0 spiro atoms. The lowest BCUT2D eigenvalue weighted by atomic mass is 10.1. The number of aromatic nitrogens is 1. The van der Waals surface area contributed by atoms with E-state index in [9.17, 15) is 14.0 Å². The zero-order chi connectivity index (χ0) is 22.8. The van der Waals surface area contributed by atoms with Gasteiger partial charge in [-0.15, -0.1) is 0 Å². The molecule has 1 atom stereocenters. The summed E-state index contributed by atoms with van der Waals surface area (Å²) < 4.78 is 30.0. The number of nitrogens with one attached hydrogen (secondary N) is 1. The van der Waals surface area contributed by atoms with Crippen molar-refractivity contribution in [1.82, 2.24) is 10.3 Å². The number of benzene rings is 2. The summed E-state index contributed by atoms with van der Waals surface area (Å²) in [5.74, 6) is 0.486. The SMILES string of the molecule is O=C(C=Cc1ccnc2ccc(F)cc12)NCC1CN(c2ccc3c(c2)OCCO3)C(=O)O1. The third kappa shape index (κ3) is 4.43. The highest BCUT2D eigenvalue weighted by Gasteiger charge is 2.33. The third-order valence-corrected chi connectivity index (χ3v) is 5.37. The van der Waals surface area contributed by atoms with E-state index in [4.69, 9.17) is 14.2 Å². The second-order valence-corrected chi connectivity index (χ2v) is 7.58. The number of cyclic esters (lactones) is 1. The smallest absolute Gasteiger partial charge is 0.414 e. The number of halogens is 1. The largest absolute Gasteiger partial charge is 0.486 e. The average molecular weight is 449 g/mol. The van der Waals surface area contributed by atoms with Crippen molar-refractivity contribution in [3.63, 3.8) is 0 Å². The van der Waals surface area contributed by atoms with Crippen LogP contribution in [0.1, 0.15) is 5.56 Å². The Kier molecular flexibility index (Phi) is 5.52. The van der Waals surface area contributed by atoms with E-state index < -0.39 is 12.2 Å². The number of fused-ring (bicyclic) bond motifs is 2. The van der Waals surface area contributed by atoms with Crippen LogP contribution in [0.15, 0.2) is 54.7 Å². The quantitative estimate of drug-likeness (QED) is 0.602. The molecule has 0 radical (unpaired) electrons. The molecular weight excluding hydrogens is 429 g/mol. The average Bonchev–Trinajstić information content (AvgIpc) is 3.21. The van der Waals surface area contributed by atoms with Gasteiger partial charge in [0.2, 0.25) is 5.91 Å². The Bertz CT molecular complexity index is 1260. The predicted octanol–water partition coefficient (Wildman–Crippen LogP) is 3.30. The molecule has 9 heteroatoms. The van der Waals surface area contributed by atoms with E-state index in [0.717, 1.165) is 0 Å².